The molecule has 0 saturated carbocycles. The fourth-order valence-corrected chi connectivity index (χ4v) is 4.00. The van der Waals surface area contributed by atoms with Gasteiger partial charge in [0.1, 0.15) is 12.6 Å². The van der Waals surface area contributed by atoms with Crippen molar-refractivity contribution in [3.63, 3.8) is 0 Å². The van der Waals surface area contributed by atoms with E-state index >= 15 is 0 Å². The zero-order valence-corrected chi connectivity index (χ0v) is 21.7. The zero-order valence-electron chi connectivity index (χ0n) is 21.7. The second-order valence-electron chi connectivity index (χ2n) is 9.02. The van der Waals surface area contributed by atoms with Crippen LogP contribution >= 0.6 is 0 Å². The summed E-state index contributed by atoms with van der Waals surface area (Å²) in [5.41, 5.74) is 4.78. The number of aliphatic carboxylic acids is 1. The number of pyridine rings is 1. The minimum absolute atomic E-state index is 0.0503. The van der Waals surface area contributed by atoms with Crippen molar-refractivity contribution >= 4 is 29.4 Å². The first kappa shape index (κ1) is 27.8. The topological polar surface area (TPSA) is 130 Å². The first-order chi connectivity index (χ1) is 19.5. The number of ether oxygens (including phenoxy) is 1. The third kappa shape index (κ3) is 8.70. The third-order valence-corrected chi connectivity index (χ3v) is 6.05. The van der Waals surface area contributed by atoms with E-state index in [1.165, 1.54) is 0 Å². The van der Waals surface area contributed by atoms with Crippen LogP contribution in [0.15, 0.2) is 109 Å². The van der Waals surface area contributed by atoms with Gasteiger partial charge in [0.05, 0.1) is 12.2 Å². The Morgan fingerprint density at radius 2 is 1.77 bits per heavy atom. The predicted octanol–water partition coefficient (Wildman–Crippen LogP) is 5.44. The Morgan fingerprint density at radius 1 is 0.950 bits per heavy atom. The SMILES string of the molecule is O=C(NCc1ccccn1)Nc1cccc(C2=CCC=C(CC(NC(=O)OCc3ccccc3)C(=O)O)C=C2)c1. The number of urea groups is 1. The lowest BCUT2D eigenvalue weighted by molar-refractivity contribution is -0.139. The number of carbonyl (C=O) groups excluding carboxylic acids is 2. The van der Waals surface area contributed by atoms with E-state index in [2.05, 4.69) is 20.9 Å². The lowest BCUT2D eigenvalue weighted by Gasteiger charge is -2.15. The Labute approximate surface area is 232 Å². The molecule has 2 aromatic carbocycles. The molecule has 1 unspecified atom stereocenters. The normalized spacial score (nSPS) is 13.2. The van der Waals surface area contributed by atoms with Crippen LogP contribution in [0.5, 0.6) is 0 Å². The van der Waals surface area contributed by atoms with E-state index in [4.69, 9.17) is 4.74 Å². The van der Waals surface area contributed by atoms with Gasteiger partial charge in [-0.05, 0) is 53.0 Å². The van der Waals surface area contributed by atoms with Crippen LogP contribution in [-0.2, 0) is 22.7 Å². The first-order valence-electron chi connectivity index (χ1n) is 12.8. The summed E-state index contributed by atoms with van der Waals surface area (Å²) in [6, 6.07) is 20.6. The summed E-state index contributed by atoms with van der Waals surface area (Å²) in [4.78, 5) is 40.6. The molecule has 9 heteroatoms. The Kier molecular flexibility index (Phi) is 9.82. The summed E-state index contributed by atoms with van der Waals surface area (Å²) < 4.78 is 5.18. The third-order valence-electron chi connectivity index (χ3n) is 6.05. The van der Waals surface area contributed by atoms with Gasteiger partial charge in [0.2, 0.25) is 0 Å². The number of amides is 3. The van der Waals surface area contributed by atoms with Gasteiger partial charge in [0, 0.05) is 18.3 Å². The van der Waals surface area contributed by atoms with Gasteiger partial charge in [0.15, 0.2) is 0 Å². The quantitative estimate of drug-likeness (QED) is 0.272. The molecule has 1 atom stereocenters. The van der Waals surface area contributed by atoms with Gasteiger partial charge in [-0.1, -0.05) is 72.8 Å². The molecule has 0 bridgehead atoms. The molecule has 0 spiro atoms. The molecule has 0 aliphatic heterocycles. The van der Waals surface area contributed by atoms with Crippen molar-refractivity contribution in [1.29, 1.82) is 0 Å². The summed E-state index contributed by atoms with van der Waals surface area (Å²) in [6.45, 7) is 0.361. The number of nitrogens with one attached hydrogen (secondary N) is 3. The highest BCUT2D eigenvalue weighted by Crippen LogP contribution is 2.24. The van der Waals surface area contributed by atoms with Crippen molar-refractivity contribution in [2.24, 2.45) is 0 Å². The van der Waals surface area contributed by atoms with Crippen molar-refractivity contribution < 1.29 is 24.2 Å². The molecule has 1 aliphatic rings. The van der Waals surface area contributed by atoms with Gasteiger partial charge < -0.3 is 25.8 Å². The number of hydrogen-bond acceptors (Lipinski definition) is 5. The van der Waals surface area contributed by atoms with Gasteiger partial charge in [0.25, 0.3) is 0 Å². The molecule has 3 aromatic rings. The maximum absolute atomic E-state index is 12.3. The highest BCUT2D eigenvalue weighted by molar-refractivity contribution is 5.90. The molecule has 1 aliphatic carbocycles. The van der Waals surface area contributed by atoms with Crippen molar-refractivity contribution in [2.75, 3.05) is 5.32 Å². The van der Waals surface area contributed by atoms with E-state index in [9.17, 15) is 19.5 Å². The van der Waals surface area contributed by atoms with E-state index in [1.54, 1.807) is 12.3 Å². The van der Waals surface area contributed by atoms with Crippen LogP contribution in [0.1, 0.15) is 29.7 Å². The molecular formula is C31H30N4O5. The van der Waals surface area contributed by atoms with Gasteiger partial charge in [-0.15, -0.1) is 0 Å². The number of nitrogens with zero attached hydrogens (tertiary/aromatic N) is 1. The summed E-state index contributed by atoms with van der Waals surface area (Å²) >= 11 is 0. The number of aromatic nitrogens is 1. The highest BCUT2D eigenvalue weighted by atomic mass is 16.5. The fraction of sp³-hybridized carbons (Fsp3) is 0.161. The van der Waals surface area contributed by atoms with Crippen LogP contribution in [0.25, 0.3) is 5.57 Å². The maximum Gasteiger partial charge on any atom is 0.408 e. The van der Waals surface area contributed by atoms with E-state index in [-0.39, 0.29) is 19.1 Å². The monoisotopic (exact) mass is 538 g/mol. The number of carbonyl (C=O) groups is 3. The van der Waals surface area contributed by atoms with E-state index in [1.807, 2.05) is 91.0 Å². The van der Waals surface area contributed by atoms with Crippen LogP contribution in [0.3, 0.4) is 0 Å². The summed E-state index contributed by atoms with van der Waals surface area (Å²) in [6.07, 6.45) is 9.23. The van der Waals surface area contributed by atoms with Gasteiger partial charge in [-0.25, -0.2) is 14.4 Å². The Morgan fingerprint density at radius 3 is 2.55 bits per heavy atom. The summed E-state index contributed by atoms with van der Waals surface area (Å²) in [7, 11) is 0. The van der Waals surface area contributed by atoms with Crippen molar-refractivity contribution in [2.45, 2.75) is 32.0 Å². The molecule has 0 saturated heterocycles. The van der Waals surface area contributed by atoms with Crippen LogP contribution in [-0.4, -0.2) is 34.2 Å². The van der Waals surface area contributed by atoms with Crippen molar-refractivity contribution in [3.05, 3.63) is 126 Å². The second-order valence-corrected chi connectivity index (χ2v) is 9.02. The standard InChI is InChI=1S/C31H30N4O5/c36-29(37)28(35-31(39)40-21-23-8-2-1-3-9-23)18-22-10-6-11-24(16-15-22)25-12-7-14-26(19-25)34-30(38)33-20-27-13-4-5-17-32-27/h1-5,7-17,19,28H,6,18,20-21H2,(H,35,39)(H,36,37)(H2,33,34,38). The Balaban J connectivity index is 1.31. The number of carboxylic acid groups (broad SMARTS) is 1. The highest BCUT2D eigenvalue weighted by Gasteiger charge is 2.22. The van der Waals surface area contributed by atoms with Gasteiger partial charge in [-0.2, -0.15) is 0 Å². The summed E-state index contributed by atoms with van der Waals surface area (Å²) in [5, 5.41) is 17.7. The van der Waals surface area contributed by atoms with E-state index in [0.29, 0.717) is 18.7 Å². The lowest BCUT2D eigenvalue weighted by Crippen LogP contribution is -2.41. The molecule has 9 nitrogen and oxygen atoms in total. The van der Waals surface area contributed by atoms with E-state index < -0.39 is 18.1 Å². The van der Waals surface area contributed by atoms with Crippen LogP contribution < -0.4 is 16.0 Å². The molecule has 204 valence electrons. The molecule has 4 N–H and O–H groups in total. The molecule has 0 radical (unpaired) electrons. The molecule has 4 rings (SSSR count). The van der Waals surface area contributed by atoms with Crippen LogP contribution in [0.4, 0.5) is 15.3 Å². The molecule has 40 heavy (non-hydrogen) atoms. The second kappa shape index (κ2) is 14.1. The fourth-order valence-electron chi connectivity index (χ4n) is 4.00. The number of alkyl carbamates (subject to hydrolysis) is 1. The molecule has 0 fully saturated rings. The number of allylic oxidation sites excluding steroid dienone is 5. The van der Waals surface area contributed by atoms with Crippen molar-refractivity contribution in [1.82, 2.24) is 15.6 Å². The largest absolute Gasteiger partial charge is 0.480 e. The maximum atomic E-state index is 12.3. The number of anilines is 1. The smallest absolute Gasteiger partial charge is 0.408 e. The van der Waals surface area contributed by atoms with Crippen LogP contribution in [0, 0.1) is 0 Å². The lowest BCUT2D eigenvalue weighted by atomic mass is 10.0. The Hall–Kier alpha value is -5.18. The zero-order chi connectivity index (χ0) is 28.2. The number of carboxylic acids is 1. The number of rotatable bonds is 10. The molecule has 1 aromatic heterocycles. The Bertz CT molecular complexity index is 1420. The average molecular weight is 539 g/mol. The average Bonchev–Trinajstić information content (AvgIpc) is 3.21. The minimum Gasteiger partial charge on any atom is -0.480 e. The van der Waals surface area contributed by atoms with Gasteiger partial charge >= 0.3 is 18.1 Å². The van der Waals surface area contributed by atoms with Gasteiger partial charge in [-0.3, -0.25) is 4.98 Å². The summed E-state index contributed by atoms with van der Waals surface area (Å²) in [5.74, 6) is -1.15. The molecular weight excluding hydrogens is 508 g/mol. The first-order valence-corrected chi connectivity index (χ1v) is 12.8. The minimum atomic E-state index is -1.15. The molecule has 3 amide bonds. The molecule has 1 heterocycles. The number of benzene rings is 2. The van der Waals surface area contributed by atoms with Crippen molar-refractivity contribution in [3.8, 4) is 0 Å². The predicted molar refractivity (Wildman–Crippen MR) is 152 cm³/mol. The van der Waals surface area contributed by atoms with E-state index in [0.717, 1.165) is 28.0 Å². The van der Waals surface area contributed by atoms with Crippen LogP contribution in [0.2, 0.25) is 0 Å². The number of hydrogen-bond donors (Lipinski definition) is 4.